The van der Waals surface area contributed by atoms with Crippen LogP contribution in [0.1, 0.15) is 15.9 Å². The Hall–Kier alpha value is -0.800. The minimum atomic E-state index is 0.763. The van der Waals surface area contributed by atoms with Crippen molar-refractivity contribution >= 4 is 40.3 Å². The van der Waals surface area contributed by atoms with Gasteiger partial charge in [0.1, 0.15) is 6.29 Å². The Morgan fingerprint density at radius 1 is 1.38 bits per heavy atom. The first-order chi connectivity index (χ1) is 6.20. The molecule has 0 N–H and O–H groups in total. The van der Waals surface area contributed by atoms with Gasteiger partial charge in [-0.1, -0.05) is 0 Å². The van der Waals surface area contributed by atoms with Crippen molar-refractivity contribution in [1.82, 2.24) is 0 Å². The van der Waals surface area contributed by atoms with Crippen LogP contribution in [0.2, 0.25) is 0 Å². The molecule has 0 unspecified atom stereocenters. The number of thiol groups is 1. The maximum absolute atomic E-state index is 10.7. The maximum Gasteiger partial charge on any atom is 0.150 e. The van der Waals surface area contributed by atoms with Crippen LogP contribution in [0.25, 0.3) is 10.1 Å². The van der Waals surface area contributed by atoms with E-state index in [0.717, 1.165) is 27.0 Å². The lowest BCUT2D eigenvalue weighted by atomic mass is 10.1. The summed E-state index contributed by atoms with van der Waals surface area (Å²) in [6, 6.07) is 5.92. The van der Waals surface area contributed by atoms with E-state index >= 15 is 0 Å². The molecule has 0 amide bonds. The van der Waals surface area contributed by atoms with Crippen LogP contribution in [0.4, 0.5) is 0 Å². The van der Waals surface area contributed by atoms with Gasteiger partial charge in [0, 0.05) is 10.3 Å². The number of rotatable bonds is 1. The molecule has 66 valence electrons. The molecule has 0 radical (unpaired) electrons. The van der Waals surface area contributed by atoms with Crippen molar-refractivity contribution in [3.63, 3.8) is 0 Å². The first kappa shape index (κ1) is 8.78. The van der Waals surface area contributed by atoms with E-state index in [9.17, 15) is 4.79 Å². The van der Waals surface area contributed by atoms with Gasteiger partial charge in [0.25, 0.3) is 0 Å². The second-order valence-corrected chi connectivity index (χ2v) is 4.82. The lowest BCUT2D eigenvalue weighted by Gasteiger charge is -1.97. The molecular formula is C10H8OS2. The molecule has 3 heteroatoms. The summed E-state index contributed by atoms with van der Waals surface area (Å²) in [4.78, 5) is 10.7. The highest BCUT2D eigenvalue weighted by Crippen LogP contribution is 2.29. The van der Waals surface area contributed by atoms with Gasteiger partial charge < -0.3 is 0 Å². The van der Waals surface area contributed by atoms with E-state index in [1.807, 2.05) is 25.1 Å². The Bertz CT molecular complexity index is 471. The molecular weight excluding hydrogens is 200 g/mol. The third-order valence-corrected chi connectivity index (χ3v) is 3.32. The molecule has 0 saturated heterocycles. The summed E-state index contributed by atoms with van der Waals surface area (Å²) in [6.45, 7) is 1.95. The minimum absolute atomic E-state index is 0.763. The van der Waals surface area contributed by atoms with Crippen molar-refractivity contribution in [3.8, 4) is 0 Å². The number of benzene rings is 1. The quantitative estimate of drug-likeness (QED) is 0.562. The lowest BCUT2D eigenvalue weighted by Crippen LogP contribution is -1.83. The fourth-order valence-corrected chi connectivity index (χ4v) is 2.64. The number of aldehydes is 1. The number of thiophene rings is 1. The lowest BCUT2D eigenvalue weighted by molar-refractivity contribution is 0.112. The van der Waals surface area contributed by atoms with E-state index in [2.05, 4.69) is 12.6 Å². The second kappa shape index (κ2) is 3.16. The van der Waals surface area contributed by atoms with Gasteiger partial charge in [-0.3, -0.25) is 4.79 Å². The summed E-state index contributed by atoms with van der Waals surface area (Å²) >= 11 is 5.90. The molecule has 2 rings (SSSR count). The smallest absolute Gasteiger partial charge is 0.150 e. The van der Waals surface area contributed by atoms with E-state index in [0.29, 0.717) is 0 Å². The average molecular weight is 208 g/mol. The van der Waals surface area contributed by atoms with Gasteiger partial charge >= 0.3 is 0 Å². The molecule has 1 aromatic carbocycles. The Balaban J connectivity index is 2.79. The number of carbonyl (C=O) groups excluding carboxylic acids is 1. The predicted octanol–water partition coefficient (Wildman–Crippen LogP) is 3.31. The van der Waals surface area contributed by atoms with Gasteiger partial charge in [0.05, 0.1) is 4.21 Å². The molecule has 0 fully saturated rings. The molecule has 2 aromatic rings. The second-order valence-electron chi connectivity index (χ2n) is 2.95. The van der Waals surface area contributed by atoms with E-state index in [4.69, 9.17) is 0 Å². The van der Waals surface area contributed by atoms with Crippen molar-refractivity contribution in [3.05, 3.63) is 29.3 Å². The van der Waals surface area contributed by atoms with Crippen LogP contribution < -0.4 is 0 Å². The number of hydrogen-bond acceptors (Lipinski definition) is 3. The summed E-state index contributed by atoms with van der Waals surface area (Å²) in [6.07, 6.45) is 0.893. The van der Waals surface area contributed by atoms with Crippen molar-refractivity contribution < 1.29 is 4.79 Å². The summed E-state index contributed by atoms with van der Waals surface area (Å²) in [5.41, 5.74) is 1.79. The zero-order valence-electron chi connectivity index (χ0n) is 7.07. The van der Waals surface area contributed by atoms with Gasteiger partial charge in [0.15, 0.2) is 0 Å². The Kier molecular flexibility index (Phi) is 2.14. The van der Waals surface area contributed by atoms with Gasteiger partial charge in [0.2, 0.25) is 0 Å². The van der Waals surface area contributed by atoms with Crippen LogP contribution in [0.3, 0.4) is 0 Å². The summed E-state index contributed by atoms with van der Waals surface area (Å²) in [7, 11) is 0. The maximum atomic E-state index is 10.7. The third-order valence-electron chi connectivity index (χ3n) is 2.02. The Morgan fingerprint density at radius 2 is 2.15 bits per heavy atom. The first-order valence-electron chi connectivity index (χ1n) is 3.89. The van der Waals surface area contributed by atoms with Crippen LogP contribution in [0.5, 0.6) is 0 Å². The molecule has 1 heterocycles. The van der Waals surface area contributed by atoms with Crippen LogP contribution in [0.15, 0.2) is 22.4 Å². The van der Waals surface area contributed by atoms with E-state index in [-0.39, 0.29) is 0 Å². The molecule has 1 aromatic heterocycles. The fourth-order valence-electron chi connectivity index (χ4n) is 1.32. The van der Waals surface area contributed by atoms with Gasteiger partial charge in [-0.15, -0.1) is 24.0 Å². The monoisotopic (exact) mass is 208 g/mol. The Morgan fingerprint density at radius 3 is 2.85 bits per heavy atom. The molecule has 0 aliphatic carbocycles. The fraction of sp³-hybridized carbons (Fsp3) is 0.100. The van der Waals surface area contributed by atoms with E-state index in [1.165, 1.54) is 4.70 Å². The zero-order valence-corrected chi connectivity index (χ0v) is 8.78. The zero-order chi connectivity index (χ0) is 9.42. The van der Waals surface area contributed by atoms with Crippen molar-refractivity contribution in [1.29, 1.82) is 0 Å². The van der Waals surface area contributed by atoms with Crippen molar-refractivity contribution in [2.45, 2.75) is 11.1 Å². The number of carbonyl (C=O) groups is 1. The minimum Gasteiger partial charge on any atom is -0.298 e. The molecule has 0 spiro atoms. The van der Waals surface area contributed by atoms with Gasteiger partial charge in [-0.2, -0.15) is 0 Å². The SMILES string of the molecule is Cc1cc2sc(S)cc2cc1C=O. The topological polar surface area (TPSA) is 17.1 Å². The summed E-state index contributed by atoms with van der Waals surface area (Å²) < 4.78 is 2.17. The van der Waals surface area contributed by atoms with Crippen LogP contribution >= 0.6 is 24.0 Å². The number of fused-ring (bicyclic) bond motifs is 1. The number of aryl methyl sites for hydroxylation is 1. The van der Waals surface area contributed by atoms with E-state index < -0.39 is 0 Å². The average Bonchev–Trinajstić information content (AvgIpc) is 2.42. The first-order valence-corrected chi connectivity index (χ1v) is 5.15. The highest BCUT2D eigenvalue weighted by Gasteiger charge is 2.03. The molecule has 0 bridgehead atoms. The van der Waals surface area contributed by atoms with Crippen LogP contribution in [0, 0.1) is 6.92 Å². The predicted molar refractivity (Wildman–Crippen MR) is 59.2 cm³/mol. The molecule has 13 heavy (non-hydrogen) atoms. The molecule has 0 atom stereocenters. The highest BCUT2D eigenvalue weighted by atomic mass is 32.2. The standard InChI is InChI=1S/C10H8OS2/c1-6-2-9-7(3-8(6)5-11)4-10(12)13-9/h2-5,12H,1H3. The van der Waals surface area contributed by atoms with Crippen molar-refractivity contribution in [2.75, 3.05) is 0 Å². The van der Waals surface area contributed by atoms with Crippen LogP contribution in [-0.2, 0) is 0 Å². The summed E-state index contributed by atoms with van der Waals surface area (Å²) in [5.74, 6) is 0. The molecule has 0 aliphatic rings. The highest BCUT2D eigenvalue weighted by molar-refractivity contribution is 7.83. The van der Waals surface area contributed by atoms with Gasteiger partial charge in [-0.05, 0) is 36.1 Å². The largest absolute Gasteiger partial charge is 0.298 e. The van der Waals surface area contributed by atoms with Gasteiger partial charge in [-0.25, -0.2) is 0 Å². The Labute approximate surface area is 85.8 Å². The normalized spacial score (nSPS) is 10.6. The third kappa shape index (κ3) is 1.49. The molecule has 0 saturated carbocycles. The van der Waals surface area contributed by atoms with Crippen molar-refractivity contribution in [2.24, 2.45) is 0 Å². The summed E-state index contributed by atoms with van der Waals surface area (Å²) in [5, 5.41) is 1.10. The van der Waals surface area contributed by atoms with Crippen LogP contribution in [-0.4, -0.2) is 6.29 Å². The molecule has 0 aliphatic heterocycles. The molecule has 1 nitrogen and oxygen atoms in total. The number of hydrogen-bond donors (Lipinski definition) is 1. The van der Waals surface area contributed by atoms with E-state index in [1.54, 1.807) is 11.3 Å².